The lowest BCUT2D eigenvalue weighted by atomic mass is 10.2. The monoisotopic (exact) mass is 407 g/mol. The molecule has 2 N–H and O–H groups in total. The molecule has 0 aliphatic heterocycles. The molecular formula is C18H19BrFN3O2. The first kappa shape index (κ1) is 19.1. The molecule has 0 aliphatic carbocycles. The van der Waals surface area contributed by atoms with Gasteiger partial charge < -0.3 is 10.6 Å². The third-order valence-electron chi connectivity index (χ3n) is 3.37. The summed E-state index contributed by atoms with van der Waals surface area (Å²) < 4.78 is 13.6. The Morgan fingerprint density at radius 2 is 1.76 bits per heavy atom. The van der Waals surface area contributed by atoms with Crippen LogP contribution >= 0.6 is 15.9 Å². The Morgan fingerprint density at radius 3 is 2.44 bits per heavy atom. The van der Waals surface area contributed by atoms with Crippen molar-refractivity contribution in [2.75, 3.05) is 25.5 Å². The van der Waals surface area contributed by atoms with Crippen LogP contribution in [0.25, 0.3) is 0 Å². The highest BCUT2D eigenvalue weighted by molar-refractivity contribution is 9.10. The minimum absolute atomic E-state index is 0.107. The quantitative estimate of drug-likeness (QED) is 0.741. The summed E-state index contributed by atoms with van der Waals surface area (Å²) in [4.78, 5) is 25.6. The van der Waals surface area contributed by atoms with E-state index in [0.717, 1.165) is 10.0 Å². The number of carbonyl (C=O) groups is 2. The molecule has 2 amide bonds. The summed E-state index contributed by atoms with van der Waals surface area (Å²) in [7, 11) is 1.78. The van der Waals surface area contributed by atoms with E-state index in [-0.39, 0.29) is 30.7 Å². The molecule has 25 heavy (non-hydrogen) atoms. The predicted molar refractivity (Wildman–Crippen MR) is 98.5 cm³/mol. The van der Waals surface area contributed by atoms with Crippen LogP contribution in [0.15, 0.2) is 53.0 Å². The first-order chi connectivity index (χ1) is 11.9. The molecule has 0 bridgehead atoms. The molecule has 0 radical (unpaired) electrons. The van der Waals surface area contributed by atoms with Gasteiger partial charge >= 0.3 is 0 Å². The fourth-order valence-electron chi connectivity index (χ4n) is 2.19. The van der Waals surface area contributed by atoms with Gasteiger partial charge in [0.05, 0.1) is 18.8 Å². The van der Waals surface area contributed by atoms with Gasteiger partial charge in [-0.3, -0.25) is 14.5 Å². The summed E-state index contributed by atoms with van der Waals surface area (Å²) >= 11 is 3.34. The molecule has 2 aromatic rings. The highest BCUT2D eigenvalue weighted by Crippen LogP contribution is 2.20. The summed E-state index contributed by atoms with van der Waals surface area (Å²) in [6.07, 6.45) is 0. The second-order valence-electron chi connectivity index (χ2n) is 5.60. The van der Waals surface area contributed by atoms with Crippen LogP contribution in [0, 0.1) is 5.82 Å². The predicted octanol–water partition coefficient (Wildman–Crippen LogP) is 2.77. The molecule has 0 unspecified atom stereocenters. The Labute approximate surface area is 154 Å². The van der Waals surface area contributed by atoms with Crippen LogP contribution in [0.5, 0.6) is 0 Å². The summed E-state index contributed by atoms with van der Waals surface area (Å²) in [5, 5.41) is 5.29. The number of anilines is 1. The molecule has 0 heterocycles. The largest absolute Gasteiger partial charge is 0.346 e. The number of nitrogens with one attached hydrogen (secondary N) is 2. The smallest absolute Gasteiger partial charge is 0.243 e. The molecule has 7 heteroatoms. The second-order valence-corrected chi connectivity index (χ2v) is 6.46. The highest BCUT2D eigenvalue weighted by Gasteiger charge is 2.10. The van der Waals surface area contributed by atoms with Gasteiger partial charge in [-0.05, 0) is 52.8 Å². The topological polar surface area (TPSA) is 61.4 Å². The van der Waals surface area contributed by atoms with E-state index in [1.165, 1.54) is 12.1 Å². The summed E-state index contributed by atoms with van der Waals surface area (Å²) in [5.74, 6) is -0.853. The average molecular weight is 408 g/mol. The van der Waals surface area contributed by atoms with Crippen molar-refractivity contribution in [1.29, 1.82) is 0 Å². The van der Waals surface area contributed by atoms with Gasteiger partial charge in [0.25, 0.3) is 0 Å². The van der Waals surface area contributed by atoms with E-state index in [0.29, 0.717) is 12.2 Å². The van der Waals surface area contributed by atoms with Gasteiger partial charge in [0.2, 0.25) is 11.8 Å². The first-order valence-corrected chi connectivity index (χ1v) is 8.47. The van der Waals surface area contributed by atoms with Gasteiger partial charge in [0.1, 0.15) is 5.82 Å². The number of carbonyl (C=O) groups excluding carboxylic acids is 2. The molecular weight excluding hydrogens is 389 g/mol. The molecule has 0 saturated heterocycles. The lowest BCUT2D eigenvalue weighted by molar-refractivity contribution is -0.124. The normalized spacial score (nSPS) is 10.6. The maximum Gasteiger partial charge on any atom is 0.243 e. The van der Waals surface area contributed by atoms with E-state index in [4.69, 9.17) is 0 Å². The Kier molecular flexibility index (Phi) is 7.09. The van der Waals surface area contributed by atoms with Gasteiger partial charge in [-0.1, -0.05) is 24.3 Å². The number of amides is 2. The number of benzene rings is 2. The summed E-state index contributed by atoms with van der Waals surface area (Å²) in [6, 6.07) is 13.4. The maximum absolute atomic E-state index is 12.9. The van der Waals surface area contributed by atoms with E-state index < -0.39 is 0 Å². The van der Waals surface area contributed by atoms with E-state index in [1.807, 2.05) is 18.2 Å². The fourth-order valence-corrected chi connectivity index (χ4v) is 2.58. The number of likely N-dealkylation sites (N-methyl/N-ethyl adjacent to an activating group) is 1. The molecule has 0 aromatic heterocycles. The molecule has 0 aliphatic rings. The average Bonchev–Trinajstić information content (AvgIpc) is 2.57. The number of hydrogen-bond acceptors (Lipinski definition) is 3. The Morgan fingerprint density at radius 1 is 1.08 bits per heavy atom. The lowest BCUT2D eigenvalue weighted by Gasteiger charge is -2.16. The number of rotatable bonds is 7. The van der Waals surface area contributed by atoms with E-state index in [9.17, 15) is 14.0 Å². The zero-order valence-corrected chi connectivity index (χ0v) is 15.3. The molecule has 0 spiro atoms. The van der Waals surface area contributed by atoms with Gasteiger partial charge in [0, 0.05) is 11.0 Å². The second kappa shape index (κ2) is 9.29. The van der Waals surface area contributed by atoms with E-state index >= 15 is 0 Å². The van der Waals surface area contributed by atoms with Crippen molar-refractivity contribution in [2.24, 2.45) is 0 Å². The third-order valence-corrected chi connectivity index (χ3v) is 4.06. The molecule has 2 aromatic carbocycles. The Hall–Kier alpha value is -2.25. The lowest BCUT2D eigenvalue weighted by Crippen LogP contribution is -2.39. The van der Waals surface area contributed by atoms with E-state index in [2.05, 4.69) is 26.6 Å². The van der Waals surface area contributed by atoms with Crippen molar-refractivity contribution in [3.05, 3.63) is 64.4 Å². The van der Waals surface area contributed by atoms with Crippen LogP contribution in [0.1, 0.15) is 5.56 Å². The molecule has 0 saturated carbocycles. The van der Waals surface area contributed by atoms with Crippen LogP contribution in [0.2, 0.25) is 0 Å². The number of para-hydroxylation sites is 1. The number of halogens is 2. The van der Waals surface area contributed by atoms with Crippen molar-refractivity contribution in [3.8, 4) is 0 Å². The fraction of sp³-hybridized carbons (Fsp3) is 0.222. The Bertz CT molecular complexity index is 737. The van der Waals surface area contributed by atoms with Crippen molar-refractivity contribution >= 4 is 33.4 Å². The van der Waals surface area contributed by atoms with Gasteiger partial charge in [-0.25, -0.2) is 4.39 Å². The summed E-state index contributed by atoms with van der Waals surface area (Å²) in [5.41, 5.74) is 1.55. The zero-order chi connectivity index (χ0) is 18.2. The first-order valence-electron chi connectivity index (χ1n) is 7.68. The van der Waals surface area contributed by atoms with Gasteiger partial charge in [-0.2, -0.15) is 0 Å². The standard InChI is InChI=1S/C18H19BrFN3O2/c1-23(11-13-6-8-14(20)9-7-13)12-18(25)21-10-17(24)22-16-5-3-2-4-15(16)19/h2-9H,10-12H2,1H3,(H,21,25)(H,22,24). The van der Waals surface area contributed by atoms with Crippen molar-refractivity contribution in [3.63, 3.8) is 0 Å². The van der Waals surface area contributed by atoms with Crippen LogP contribution in [-0.2, 0) is 16.1 Å². The zero-order valence-electron chi connectivity index (χ0n) is 13.8. The maximum atomic E-state index is 12.9. The summed E-state index contributed by atoms with van der Waals surface area (Å²) in [6.45, 7) is 0.543. The van der Waals surface area contributed by atoms with Gasteiger partial charge in [0.15, 0.2) is 0 Å². The van der Waals surface area contributed by atoms with Crippen LogP contribution in [0.4, 0.5) is 10.1 Å². The Balaban J connectivity index is 1.73. The van der Waals surface area contributed by atoms with Crippen LogP contribution < -0.4 is 10.6 Å². The number of nitrogens with zero attached hydrogens (tertiary/aromatic N) is 1. The van der Waals surface area contributed by atoms with Crippen LogP contribution in [-0.4, -0.2) is 36.9 Å². The van der Waals surface area contributed by atoms with E-state index in [1.54, 1.807) is 30.1 Å². The van der Waals surface area contributed by atoms with Crippen molar-refractivity contribution in [1.82, 2.24) is 10.2 Å². The molecule has 132 valence electrons. The van der Waals surface area contributed by atoms with Crippen molar-refractivity contribution < 1.29 is 14.0 Å². The molecule has 0 atom stereocenters. The third kappa shape index (κ3) is 6.64. The van der Waals surface area contributed by atoms with Gasteiger partial charge in [-0.15, -0.1) is 0 Å². The minimum atomic E-state index is -0.304. The SMILES string of the molecule is CN(CC(=O)NCC(=O)Nc1ccccc1Br)Cc1ccc(F)cc1. The highest BCUT2D eigenvalue weighted by atomic mass is 79.9. The molecule has 0 fully saturated rings. The van der Waals surface area contributed by atoms with Crippen LogP contribution in [0.3, 0.4) is 0 Å². The van der Waals surface area contributed by atoms with Crippen molar-refractivity contribution in [2.45, 2.75) is 6.54 Å². The minimum Gasteiger partial charge on any atom is -0.346 e. The molecule has 5 nitrogen and oxygen atoms in total. The molecule has 2 rings (SSSR count). The number of hydrogen-bond donors (Lipinski definition) is 2.